The molecule has 0 aromatic heterocycles. The van der Waals surface area contributed by atoms with E-state index in [1.54, 1.807) is 0 Å². The Bertz CT molecular complexity index is 735. The van der Waals surface area contributed by atoms with Gasteiger partial charge in [0.05, 0.1) is 5.69 Å². The second-order valence-corrected chi connectivity index (χ2v) is 8.17. The van der Waals surface area contributed by atoms with Crippen molar-refractivity contribution >= 4 is 11.4 Å². The number of hydrogen-bond donors (Lipinski definition) is 2. The highest BCUT2D eigenvalue weighted by Crippen LogP contribution is 2.43. The molecular formula is C20H25F2NO. The highest BCUT2D eigenvalue weighted by molar-refractivity contribution is 5.73. The summed E-state index contributed by atoms with van der Waals surface area (Å²) >= 11 is 0. The molecule has 2 aromatic carbocycles. The van der Waals surface area contributed by atoms with Gasteiger partial charge in [-0.25, -0.2) is 8.78 Å². The summed E-state index contributed by atoms with van der Waals surface area (Å²) in [6, 6.07) is 7.10. The summed E-state index contributed by atoms with van der Waals surface area (Å²) < 4.78 is 27.0. The van der Waals surface area contributed by atoms with Gasteiger partial charge in [-0.1, -0.05) is 53.7 Å². The molecule has 2 rings (SSSR count). The highest BCUT2D eigenvalue weighted by Gasteiger charge is 2.26. The lowest BCUT2D eigenvalue weighted by Gasteiger charge is -2.28. The number of nitrogens with one attached hydrogen (secondary N) is 1. The molecule has 0 amide bonds. The van der Waals surface area contributed by atoms with E-state index in [-0.39, 0.29) is 22.3 Å². The number of hydrogen-bond acceptors (Lipinski definition) is 2. The Balaban J connectivity index is 2.64. The van der Waals surface area contributed by atoms with Gasteiger partial charge in [0.25, 0.3) is 0 Å². The van der Waals surface area contributed by atoms with Crippen molar-refractivity contribution in [3.05, 3.63) is 53.1 Å². The van der Waals surface area contributed by atoms with E-state index in [2.05, 4.69) is 5.32 Å². The minimum absolute atomic E-state index is 0.111. The van der Waals surface area contributed by atoms with Crippen LogP contribution in [0.1, 0.15) is 52.7 Å². The van der Waals surface area contributed by atoms with Crippen molar-refractivity contribution in [2.75, 3.05) is 5.32 Å². The predicted molar refractivity (Wildman–Crippen MR) is 95.1 cm³/mol. The molecule has 0 radical (unpaired) electrons. The Labute approximate surface area is 142 Å². The SMILES string of the molecule is CC(C)(C)c1ccc(C(C)(C)C)c(Nc2cc(F)cc(F)c2)c1O. The Hall–Kier alpha value is -2.10. The van der Waals surface area contributed by atoms with Crippen molar-refractivity contribution in [1.82, 2.24) is 0 Å². The molecule has 0 saturated carbocycles. The zero-order valence-electron chi connectivity index (χ0n) is 15.1. The predicted octanol–water partition coefficient (Wildman–Crippen LogP) is 6.01. The fraction of sp³-hybridized carbons (Fsp3) is 0.400. The maximum absolute atomic E-state index is 13.5. The molecule has 0 fully saturated rings. The van der Waals surface area contributed by atoms with E-state index < -0.39 is 11.6 Å². The van der Waals surface area contributed by atoms with Crippen LogP contribution in [0.25, 0.3) is 0 Å². The first kappa shape index (κ1) is 18.2. The Morgan fingerprint density at radius 2 is 1.25 bits per heavy atom. The smallest absolute Gasteiger partial charge is 0.143 e. The second kappa shape index (κ2) is 6.08. The van der Waals surface area contributed by atoms with Crippen molar-refractivity contribution < 1.29 is 13.9 Å². The summed E-state index contributed by atoms with van der Waals surface area (Å²) in [6.07, 6.45) is 0. The van der Waals surface area contributed by atoms with Crippen molar-refractivity contribution in [1.29, 1.82) is 0 Å². The van der Waals surface area contributed by atoms with Gasteiger partial charge >= 0.3 is 0 Å². The first-order valence-corrected chi connectivity index (χ1v) is 7.99. The summed E-state index contributed by atoms with van der Waals surface area (Å²) in [7, 11) is 0. The number of phenolic OH excluding ortho intramolecular Hbond substituents is 1. The monoisotopic (exact) mass is 333 g/mol. The molecule has 0 aliphatic heterocycles. The molecule has 0 aliphatic rings. The van der Waals surface area contributed by atoms with E-state index in [1.807, 2.05) is 53.7 Å². The van der Waals surface area contributed by atoms with Gasteiger partial charge in [0.2, 0.25) is 0 Å². The van der Waals surface area contributed by atoms with Gasteiger partial charge in [0.15, 0.2) is 0 Å². The molecule has 0 spiro atoms. The van der Waals surface area contributed by atoms with Gasteiger partial charge in [0, 0.05) is 17.3 Å². The lowest BCUT2D eigenvalue weighted by molar-refractivity contribution is 0.446. The summed E-state index contributed by atoms with van der Waals surface area (Å²) in [4.78, 5) is 0. The first-order valence-electron chi connectivity index (χ1n) is 7.99. The number of anilines is 2. The summed E-state index contributed by atoms with van der Waals surface area (Å²) in [5.41, 5.74) is 1.89. The lowest BCUT2D eigenvalue weighted by Crippen LogP contribution is -2.17. The largest absolute Gasteiger partial charge is 0.505 e. The van der Waals surface area contributed by atoms with Gasteiger partial charge in [-0.15, -0.1) is 0 Å². The summed E-state index contributed by atoms with van der Waals surface area (Å²) in [6.45, 7) is 12.1. The Morgan fingerprint density at radius 1 is 0.792 bits per heavy atom. The Kier molecular flexibility index (Phi) is 4.62. The van der Waals surface area contributed by atoms with E-state index >= 15 is 0 Å². The van der Waals surface area contributed by atoms with Crippen LogP contribution in [0.4, 0.5) is 20.2 Å². The van der Waals surface area contributed by atoms with Gasteiger partial charge in [0.1, 0.15) is 17.4 Å². The van der Waals surface area contributed by atoms with E-state index in [9.17, 15) is 13.9 Å². The normalized spacial score (nSPS) is 12.3. The minimum Gasteiger partial charge on any atom is -0.505 e. The first-order chi connectivity index (χ1) is 10.9. The molecule has 0 atom stereocenters. The minimum atomic E-state index is -0.665. The molecule has 2 aromatic rings. The molecule has 4 heteroatoms. The molecule has 2 nitrogen and oxygen atoms in total. The topological polar surface area (TPSA) is 32.3 Å². The molecule has 0 heterocycles. The van der Waals surface area contributed by atoms with Gasteiger partial charge in [-0.05, 0) is 28.5 Å². The van der Waals surface area contributed by atoms with Crippen LogP contribution in [0.3, 0.4) is 0 Å². The molecule has 130 valence electrons. The van der Waals surface area contributed by atoms with Crippen LogP contribution in [-0.4, -0.2) is 5.11 Å². The molecule has 0 aliphatic carbocycles. The van der Waals surface area contributed by atoms with Gasteiger partial charge < -0.3 is 10.4 Å². The van der Waals surface area contributed by atoms with E-state index in [4.69, 9.17) is 0 Å². The van der Waals surface area contributed by atoms with Crippen LogP contribution >= 0.6 is 0 Å². The van der Waals surface area contributed by atoms with Crippen molar-refractivity contribution in [2.24, 2.45) is 0 Å². The van der Waals surface area contributed by atoms with Crippen LogP contribution in [0.2, 0.25) is 0 Å². The number of phenols is 1. The third-order valence-electron chi connectivity index (χ3n) is 3.93. The van der Waals surface area contributed by atoms with Crippen molar-refractivity contribution in [3.8, 4) is 5.75 Å². The third kappa shape index (κ3) is 3.86. The molecule has 24 heavy (non-hydrogen) atoms. The third-order valence-corrected chi connectivity index (χ3v) is 3.93. The zero-order chi connectivity index (χ0) is 18.3. The second-order valence-electron chi connectivity index (χ2n) is 8.17. The average Bonchev–Trinajstić information content (AvgIpc) is 2.36. The number of aromatic hydroxyl groups is 1. The van der Waals surface area contributed by atoms with Crippen LogP contribution in [0.15, 0.2) is 30.3 Å². The van der Waals surface area contributed by atoms with Gasteiger partial charge in [-0.3, -0.25) is 0 Å². The van der Waals surface area contributed by atoms with Crippen molar-refractivity contribution in [2.45, 2.75) is 52.4 Å². The molecule has 0 bridgehead atoms. The maximum Gasteiger partial charge on any atom is 0.143 e. The summed E-state index contributed by atoms with van der Waals surface area (Å²) in [5, 5.41) is 13.8. The molecule has 2 N–H and O–H groups in total. The highest BCUT2D eigenvalue weighted by atomic mass is 19.1. The number of halogens is 2. The number of benzene rings is 2. The standard InChI is InChI=1S/C20H25F2NO/c1-19(2,3)15-7-8-16(20(4,5)6)18(24)17(15)23-14-10-12(21)9-13(22)11-14/h7-11,23-24H,1-6H3. The lowest BCUT2D eigenvalue weighted by atomic mass is 9.80. The van der Waals surface area contributed by atoms with E-state index in [0.29, 0.717) is 5.69 Å². The molecular weight excluding hydrogens is 308 g/mol. The van der Waals surface area contributed by atoms with E-state index in [1.165, 1.54) is 12.1 Å². The average molecular weight is 333 g/mol. The molecule has 0 saturated heterocycles. The fourth-order valence-electron chi connectivity index (χ4n) is 2.72. The Morgan fingerprint density at radius 3 is 1.71 bits per heavy atom. The van der Waals surface area contributed by atoms with E-state index in [0.717, 1.165) is 17.2 Å². The van der Waals surface area contributed by atoms with Crippen molar-refractivity contribution in [3.63, 3.8) is 0 Å². The maximum atomic E-state index is 13.5. The van der Waals surface area contributed by atoms with Crippen LogP contribution in [0.5, 0.6) is 5.75 Å². The van der Waals surface area contributed by atoms with Crippen LogP contribution in [0, 0.1) is 11.6 Å². The zero-order valence-corrected chi connectivity index (χ0v) is 15.1. The van der Waals surface area contributed by atoms with Gasteiger partial charge in [-0.2, -0.15) is 0 Å². The number of rotatable bonds is 2. The fourth-order valence-corrected chi connectivity index (χ4v) is 2.72. The molecule has 0 unspecified atom stereocenters. The van der Waals surface area contributed by atoms with Crippen LogP contribution < -0.4 is 5.32 Å². The van der Waals surface area contributed by atoms with Crippen LogP contribution in [-0.2, 0) is 10.8 Å². The summed E-state index contributed by atoms with van der Waals surface area (Å²) in [5.74, 6) is -1.22. The quantitative estimate of drug-likeness (QED) is 0.660.